The van der Waals surface area contributed by atoms with E-state index in [0.717, 1.165) is 12.5 Å². The molecule has 1 aliphatic rings. The summed E-state index contributed by atoms with van der Waals surface area (Å²) in [5.74, 6) is 1.34. The zero-order valence-corrected chi connectivity index (χ0v) is 11.2. The minimum absolute atomic E-state index is 0.158. The van der Waals surface area contributed by atoms with Crippen molar-refractivity contribution in [2.24, 2.45) is 17.6 Å². The quantitative estimate of drug-likeness (QED) is 0.763. The van der Waals surface area contributed by atoms with Crippen molar-refractivity contribution in [1.82, 2.24) is 5.32 Å². The first-order valence-corrected chi connectivity index (χ1v) is 6.63. The van der Waals surface area contributed by atoms with E-state index in [1.807, 2.05) is 6.92 Å². The summed E-state index contributed by atoms with van der Waals surface area (Å²) in [7, 11) is 1.59. The van der Waals surface area contributed by atoms with Crippen LogP contribution in [0.1, 0.15) is 39.5 Å². The van der Waals surface area contributed by atoms with E-state index in [0.29, 0.717) is 5.92 Å². The second-order valence-electron chi connectivity index (χ2n) is 5.30. The predicted octanol–water partition coefficient (Wildman–Crippen LogP) is 1.29. The van der Waals surface area contributed by atoms with Crippen molar-refractivity contribution in [3.8, 4) is 0 Å². The molecule has 0 radical (unpaired) electrons. The second-order valence-corrected chi connectivity index (χ2v) is 5.30. The van der Waals surface area contributed by atoms with E-state index in [1.165, 1.54) is 25.7 Å². The first-order valence-electron chi connectivity index (χ1n) is 6.63. The van der Waals surface area contributed by atoms with Gasteiger partial charge in [0.25, 0.3) is 0 Å². The largest absolute Gasteiger partial charge is 0.376 e. The summed E-state index contributed by atoms with van der Waals surface area (Å²) in [5, 5.41) is 2.55. The number of hydrogen-bond acceptors (Lipinski definition) is 3. The second kappa shape index (κ2) is 6.97. The van der Waals surface area contributed by atoms with Crippen LogP contribution in [-0.2, 0) is 9.53 Å². The maximum Gasteiger partial charge on any atom is 0.239 e. The predicted molar refractivity (Wildman–Crippen MR) is 68.6 cm³/mol. The molecule has 1 rings (SSSR count). The van der Waals surface area contributed by atoms with Crippen molar-refractivity contribution in [1.29, 1.82) is 0 Å². The summed E-state index contributed by atoms with van der Waals surface area (Å²) < 4.78 is 5.72. The van der Waals surface area contributed by atoms with Gasteiger partial charge in [0, 0.05) is 13.7 Å². The summed E-state index contributed by atoms with van der Waals surface area (Å²) in [6, 6.07) is -0.567. The van der Waals surface area contributed by atoms with Gasteiger partial charge in [0.2, 0.25) is 5.91 Å². The first kappa shape index (κ1) is 14.5. The van der Waals surface area contributed by atoms with Gasteiger partial charge in [-0.05, 0) is 31.6 Å². The van der Waals surface area contributed by atoms with E-state index in [9.17, 15) is 4.79 Å². The van der Waals surface area contributed by atoms with E-state index in [1.54, 1.807) is 7.05 Å². The van der Waals surface area contributed by atoms with Crippen LogP contribution in [0.25, 0.3) is 0 Å². The maximum atomic E-state index is 11.3. The number of carbonyl (C=O) groups excluding carboxylic acids is 1. The fourth-order valence-electron chi connectivity index (χ4n) is 2.27. The van der Waals surface area contributed by atoms with E-state index >= 15 is 0 Å². The smallest absolute Gasteiger partial charge is 0.239 e. The van der Waals surface area contributed by atoms with Crippen LogP contribution in [0, 0.1) is 11.8 Å². The molecule has 0 bridgehead atoms. The Hall–Kier alpha value is -0.610. The molecule has 4 nitrogen and oxygen atoms in total. The van der Waals surface area contributed by atoms with Crippen LogP contribution in [-0.4, -0.2) is 31.7 Å². The Bertz CT molecular complexity index is 238. The van der Waals surface area contributed by atoms with E-state index < -0.39 is 6.04 Å². The van der Waals surface area contributed by atoms with Gasteiger partial charge >= 0.3 is 0 Å². The zero-order valence-electron chi connectivity index (χ0n) is 11.2. The molecule has 2 atom stereocenters. The molecule has 1 amide bonds. The van der Waals surface area contributed by atoms with Gasteiger partial charge in [-0.1, -0.05) is 19.8 Å². The van der Waals surface area contributed by atoms with Crippen LogP contribution in [0.3, 0.4) is 0 Å². The SMILES string of the molecule is CNC(=O)[C@@H](N)[C@@H](C)OCC1CCC(C)CC1. The molecule has 0 unspecified atom stereocenters. The highest BCUT2D eigenvalue weighted by Gasteiger charge is 2.23. The molecule has 3 N–H and O–H groups in total. The third-order valence-corrected chi connectivity index (χ3v) is 3.79. The van der Waals surface area contributed by atoms with Crippen LogP contribution in [0.15, 0.2) is 0 Å². The minimum atomic E-state index is -0.567. The van der Waals surface area contributed by atoms with Crippen LogP contribution in [0.2, 0.25) is 0 Å². The van der Waals surface area contributed by atoms with Crippen molar-refractivity contribution in [3.63, 3.8) is 0 Å². The first-order chi connectivity index (χ1) is 8.04. The zero-order chi connectivity index (χ0) is 12.8. The number of likely N-dealkylation sites (N-methyl/N-ethyl adjacent to an activating group) is 1. The lowest BCUT2D eigenvalue weighted by molar-refractivity contribution is -0.125. The Balaban J connectivity index is 2.23. The van der Waals surface area contributed by atoms with Crippen molar-refractivity contribution in [2.45, 2.75) is 51.7 Å². The Morgan fingerprint density at radius 3 is 2.53 bits per heavy atom. The van der Waals surface area contributed by atoms with Crippen molar-refractivity contribution >= 4 is 5.91 Å². The highest BCUT2D eigenvalue weighted by Crippen LogP contribution is 2.28. The average molecular weight is 242 g/mol. The fraction of sp³-hybridized carbons (Fsp3) is 0.923. The summed E-state index contributed by atoms with van der Waals surface area (Å²) in [4.78, 5) is 11.3. The summed E-state index contributed by atoms with van der Waals surface area (Å²) in [5.41, 5.74) is 5.77. The van der Waals surface area contributed by atoms with Gasteiger partial charge in [-0.15, -0.1) is 0 Å². The van der Waals surface area contributed by atoms with E-state index in [4.69, 9.17) is 10.5 Å². The van der Waals surface area contributed by atoms with Crippen molar-refractivity contribution < 1.29 is 9.53 Å². The van der Waals surface area contributed by atoms with Crippen molar-refractivity contribution in [3.05, 3.63) is 0 Å². The Labute approximate surface area is 104 Å². The third-order valence-electron chi connectivity index (χ3n) is 3.79. The average Bonchev–Trinajstić information content (AvgIpc) is 2.35. The minimum Gasteiger partial charge on any atom is -0.376 e. The number of nitrogens with one attached hydrogen (secondary N) is 1. The third kappa shape index (κ3) is 4.64. The van der Waals surface area contributed by atoms with Crippen LogP contribution in [0.4, 0.5) is 0 Å². The molecule has 0 aliphatic heterocycles. The Morgan fingerprint density at radius 1 is 1.41 bits per heavy atom. The lowest BCUT2D eigenvalue weighted by Gasteiger charge is -2.28. The van der Waals surface area contributed by atoms with Crippen LogP contribution < -0.4 is 11.1 Å². The fourth-order valence-corrected chi connectivity index (χ4v) is 2.27. The number of nitrogens with two attached hydrogens (primary N) is 1. The Morgan fingerprint density at radius 2 is 2.00 bits per heavy atom. The molecule has 0 saturated heterocycles. The van der Waals surface area contributed by atoms with Gasteiger partial charge in [0.15, 0.2) is 0 Å². The molecule has 4 heteroatoms. The molecule has 0 spiro atoms. The highest BCUT2D eigenvalue weighted by atomic mass is 16.5. The molecule has 100 valence electrons. The normalized spacial score (nSPS) is 28.5. The highest BCUT2D eigenvalue weighted by molar-refractivity contribution is 5.81. The molecule has 1 saturated carbocycles. The summed E-state index contributed by atoms with van der Waals surface area (Å²) in [6.07, 6.45) is 4.86. The molecule has 17 heavy (non-hydrogen) atoms. The topological polar surface area (TPSA) is 64.4 Å². The molecular weight excluding hydrogens is 216 g/mol. The summed E-state index contributed by atoms with van der Waals surface area (Å²) >= 11 is 0. The molecule has 1 aliphatic carbocycles. The van der Waals surface area contributed by atoms with Gasteiger partial charge in [0.05, 0.1) is 6.10 Å². The molecule has 0 aromatic heterocycles. The van der Waals surface area contributed by atoms with Gasteiger partial charge in [-0.25, -0.2) is 0 Å². The van der Waals surface area contributed by atoms with Gasteiger partial charge in [-0.3, -0.25) is 4.79 Å². The molecular formula is C13H26N2O2. The molecule has 0 heterocycles. The monoisotopic (exact) mass is 242 g/mol. The lowest BCUT2D eigenvalue weighted by Crippen LogP contribution is -2.47. The Kier molecular flexibility index (Phi) is 5.92. The number of hydrogen-bond donors (Lipinski definition) is 2. The maximum absolute atomic E-state index is 11.3. The van der Waals surface area contributed by atoms with Crippen LogP contribution in [0.5, 0.6) is 0 Å². The number of ether oxygens (including phenoxy) is 1. The standard InChI is InChI=1S/C13H26N2O2/c1-9-4-6-11(7-5-9)8-17-10(2)12(14)13(16)15-3/h9-12H,4-8,14H2,1-3H3,(H,15,16)/t9?,10-,11?,12+/m1/s1. The number of amides is 1. The van der Waals surface area contributed by atoms with E-state index in [2.05, 4.69) is 12.2 Å². The van der Waals surface area contributed by atoms with E-state index in [-0.39, 0.29) is 12.0 Å². The van der Waals surface area contributed by atoms with Gasteiger partial charge in [0.1, 0.15) is 6.04 Å². The number of carbonyl (C=O) groups is 1. The van der Waals surface area contributed by atoms with Gasteiger partial charge < -0.3 is 15.8 Å². The summed E-state index contributed by atoms with van der Waals surface area (Å²) in [6.45, 7) is 4.91. The van der Waals surface area contributed by atoms with Crippen LogP contribution >= 0.6 is 0 Å². The van der Waals surface area contributed by atoms with Gasteiger partial charge in [-0.2, -0.15) is 0 Å². The molecule has 0 aromatic carbocycles. The van der Waals surface area contributed by atoms with Crippen molar-refractivity contribution in [2.75, 3.05) is 13.7 Å². The molecule has 1 fully saturated rings. The number of rotatable bonds is 5. The lowest BCUT2D eigenvalue weighted by atomic mass is 9.83. The molecule has 0 aromatic rings.